The Morgan fingerprint density at radius 2 is 1.94 bits per heavy atom. The number of carbonyl (C=O) groups excluding carboxylic acids is 3. The van der Waals surface area contributed by atoms with Crippen LogP contribution in [0.5, 0.6) is 5.75 Å². The number of nitrogens with two attached hydrogens (primary N) is 1. The van der Waals surface area contributed by atoms with Crippen molar-refractivity contribution in [3.63, 3.8) is 0 Å². The predicted octanol–water partition coefficient (Wildman–Crippen LogP) is 3.58. The van der Waals surface area contributed by atoms with Crippen molar-refractivity contribution in [3.8, 4) is 5.75 Å². The SMILES string of the molecule is CC(C)n1ncc2c1C(=O)CC1(CCN(C(=O)c3cc4cc(OCC(N)=O)ccc4nc3Cl)CC1)C2. The lowest BCUT2D eigenvalue weighted by atomic mass is 9.67. The van der Waals surface area contributed by atoms with Gasteiger partial charge in [0.2, 0.25) is 0 Å². The van der Waals surface area contributed by atoms with Crippen LogP contribution in [0.1, 0.15) is 65.6 Å². The number of primary amides is 1. The number of rotatable bonds is 5. The van der Waals surface area contributed by atoms with Gasteiger partial charge in [-0.1, -0.05) is 11.6 Å². The standard InChI is InChI=1S/C26H28ClN5O4/c1-15(2)32-23-17(13-29-32)11-26(12-21(23)33)5-7-31(8-6-26)25(35)19-10-16-9-18(36-14-22(28)34)3-4-20(16)30-24(19)27/h3-4,9-10,13,15H,5-8,11-12,14H2,1-2H3,(H2,28,34). The average Bonchev–Trinajstić information content (AvgIpc) is 3.27. The highest BCUT2D eigenvalue weighted by molar-refractivity contribution is 6.33. The molecule has 10 heteroatoms. The number of amides is 2. The van der Waals surface area contributed by atoms with E-state index in [1.165, 1.54) is 0 Å². The summed E-state index contributed by atoms with van der Waals surface area (Å²) in [5, 5.41) is 5.26. The number of pyridine rings is 1. The molecule has 2 aliphatic rings. The van der Waals surface area contributed by atoms with E-state index >= 15 is 0 Å². The zero-order valence-electron chi connectivity index (χ0n) is 20.3. The number of benzene rings is 1. The summed E-state index contributed by atoms with van der Waals surface area (Å²) in [7, 11) is 0. The zero-order valence-corrected chi connectivity index (χ0v) is 21.0. The molecule has 1 aromatic carbocycles. The zero-order chi connectivity index (χ0) is 25.6. The first kappa shape index (κ1) is 24.2. The highest BCUT2D eigenvalue weighted by atomic mass is 35.5. The number of Topliss-reactive ketones (excluding diaryl/α,β-unsaturated/α-hetero) is 1. The van der Waals surface area contributed by atoms with Crippen LogP contribution in [0, 0.1) is 5.41 Å². The van der Waals surface area contributed by atoms with Crippen molar-refractivity contribution < 1.29 is 19.1 Å². The average molecular weight is 510 g/mol. The molecule has 0 saturated carbocycles. The molecule has 3 aromatic rings. The second-order valence-electron chi connectivity index (χ2n) is 10.1. The number of likely N-dealkylation sites (tertiary alicyclic amines) is 1. The molecule has 9 nitrogen and oxygen atoms in total. The Morgan fingerprint density at radius 3 is 2.64 bits per heavy atom. The van der Waals surface area contributed by atoms with Crippen LogP contribution in [-0.2, 0) is 11.2 Å². The molecule has 5 rings (SSSR count). The minimum atomic E-state index is -0.576. The Morgan fingerprint density at radius 1 is 1.19 bits per heavy atom. The third kappa shape index (κ3) is 4.43. The molecule has 1 saturated heterocycles. The van der Waals surface area contributed by atoms with Gasteiger partial charge in [-0.25, -0.2) is 4.98 Å². The quantitative estimate of drug-likeness (QED) is 0.525. The lowest BCUT2D eigenvalue weighted by molar-refractivity contribution is -0.119. The normalized spacial score (nSPS) is 17.0. The summed E-state index contributed by atoms with van der Waals surface area (Å²) in [4.78, 5) is 43.6. The van der Waals surface area contributed by atoms with Crippen molar-refractivity contribution in [2.75, 3.05) is 19.7 Å². The summed E-state index contributed by atoms with van der Waals surface area (Å²) in [6.07, 6.45) is 4.58. The van der Waals surface area contributed by atoms with E-state index < -0.39 is 5.91 Å². The molecule has 1 fully saturated rings. The van der Waals surface area contributed by atoms with Gasteiger partial charge >= 0.3 is 0 Å². The summed E-state index contributed by atoms with van der Waals surface area (Å²) in [5.74, 6) is -0.180. The van der Waals surface area contributed by atoms with Crippen molar-refractivity contribution in [3.05, 3.63) is 52.4 Å². The van der Waals surface area contributed by atoms with E-state index in [-0.39, 0.29) is 34.9 Å². The number of ketones is 1. The number of piperidine rings is 1. The van der Waals surface area contributed by atoms with Gasteiger partial charge in [-0.05, 0) is 62.8 Å². The van der Waals surface area contributed by atoms with E-state index in [0.717, 1.165) is 30.5 Å². The van der Waals surface area contributed by atoms with Crippen molar-refractivity contribution in [2.45, 2.75) is 45.6 Å². The number of aromatic nitrogens is 3. The smallest absolute Gasteiger partial charge is 0.257 e. The van der Waals surface area contributed by atoms with Gasteiger partial charge in [-0.2, -0.15) is 5.10 Å². The van der Waals surface area contributed by atoms with E-state index in [9.17, 15) is 14.4 Å². The molecule has 1 spiro atoms. The Labute approximate surface area is 213 Å². The largest absolute Gasteiger partial charge is 0.484 e. The second-order valence-corrected chi connectivity index (χ2v) is 10.4. The van der Waals surface area contributed by atoms with Gasteiger partial charge in [0, 0.05) is 36.5 Å². The number of carbonyl (C=O) groups is 3. The molecule has 36 heavy (non-hydrogen) atoms. The topological polar surface area (TPSA) is 120 Å². The van der Waals surface area contributed by atoms with E-state index in [4.69, 9.17) is 22.1 Å². The fraction of sp³-hybridized carbons (Fsp3) is 0.423. The van der Waals surface area contributed by atoms with Crippen LogP contribution in [-0.4, -0.2) is 57.0 Å². The fourth-order valence-corrected chi connectivity index (χ4v) is 5.58. The fourth-order valence-electron chi connectivity index (χ4n) is 5.35. The molecular formula is C26H28ClN5O4. The van der Waals surface area contributed by atoms with Crippen molar-refractivity contribution in [1.29, 1.82) is 0 Å². The highest BCUT2D eigenvalue weighted by Crippen LogP contribution is 2.44. The molecule has 1 aliphatic carbocycles. The van der Waals surface area contributed by atoms with Crippen LogP contribution >= 0.6 is 11.6 Å². The van der Waals surface area contributed by atoms with Crippen LogP contribution in [0.4, 0.5) is 0 Å². The third-order valence-electron chi connectivity index (χ3n) is 7.19. The Balaban J connectivity index is 1.32. The number of nitrogens with zero attached hydrogens (tertiary/aromatic N) is 4. The van der Waals surface area contributed by atoms with E-state index in [1.54, 1.807) is 29.2 Å². The van der Waals surface area contributed by atoms with Gasteiger partial charge in [0.05, 0.1) is 17.3 Å². The van der Waals surface area contributed by atoms with Crippen molar-refractivity contribution >= 4 is 40.1 Å². The summed E-state index contributed by atoms with van der Waals surface area (Å²) in [6.45, 7) is 4.88. The maximum atomic E-state index is 13.4. The number of hydrogen-bond acceptors (Lipinski definition) is 6. The van der Waals surface area contributed by atoms with Gasteiger partial charge in [0.15, 0.2) is 12.4 Å². The van der Waals surface area contributed by atoms with Gasteiger partial charge in [0.25, 0.3) is 11.8 Å². The molecule has 1 aliphatic heterocycles. The van der Waals surface area contributed by atoms with Crippen molar-refractivity contribution in [2.24, 2.45) is 11.1 Å². The molecule has 0 atom stereocenters. The maximum absolute atomic E-state index is 13.4. The molecule has 0 radical (unpaired) electrons. The molecule has 2 amide bonds. The van der Waals surface area contributed by atoms with E-state index in [2.05, 4.69) is 10.1 Å². The highest BCUT2D eigenvalue weighted by Gasteiger charge is 2.43. The van der Waals surface area contributed by atoms with Crippen molar-refractivity contribution in [1.82, 2.24) is 19.7 Å². The monoisotopic (exact) mass is 509 g/mol. The molecule has 0 unspecified atom stereocenters. The molecule has 0 bridgehead atoms. The van der Waals surface area contributed by atoms with Crippen LogP contribution < -0.4 is 10.5 Å². The van der Waals surface area contributed by atoms with Gasteiger partial charge in [-0.15, -0.1) is 0 Å². The maximum Gasteiger partial charge on any atom is 0.257 e. The minimum Gasteiger partial charge on any atom is -0.484 e. The molecular weight excluding hydrogens is 482 g/mol. The van der Waals surface area contributed by atoms with Crippen LogP contribution in [0.15, 0.2) is 30.5 Å². The predicted molar refractivity (Wildman–Crippen MR) is 134 cm³/mol. The Kier molecular flexibility index (Phi) is 6.20. The second kappa shape index (κ2) is 9.20. The number of hydrogen-bond donors (Lipinski definition) is 1. The molecule has 2 N–H and O–H groups in total. The molecule has 3 heterocycles. The summed E-state index contributed by atoms with van der Waals surface area (Å²) in [6, 6.07) is 6.92. The first-order valence-corrected chi connectivity index (χ1v) is 12.4. The van der Waals surface area contributed by atoms with Gasteiger partial charge in [-0.3, -0.25) is 19.1 Å². The van der Waals surface area contributed by atoms with Crippen LogP contribution in [0.25, 0.3) is 10.9 Å². The lowest BCUT2D eigenvalue weighted by Crippen LogP contribution is -2.46. The Hall–Kier alpha value is -3.46. The van der Waals surface area contributed by atoms with E-state index in [1.807, 2.05) is 24.7 Å². The third-order valence-corrected chi connectivity index (χ3v) is 7.48. The first-order valence-electron chi connectivity index (χ1n) is 12.1. The number of halogens is 1. The van der Waals surface area contributed by atoms with E-state index in [0.29, 0.717) is 41.7 Å². The first-order chi connectivity index (χ1) is 17.2. The van der Waals surface area contributed by atoms with Gasteiger partial charge < -0.3 is 15.4 Å². The molecule has 188 valence electrons. The lowest BCUT2D eigenvalue weighted by Gasteiger charge is -2.43. The molecule has 2 aromatic heterocycles. The Bertz CT molecular complexity index is 1370. The van der Waals surface area contributed by atoms with Gasteiger partial charge in [0.1, 0.15) is 16.6 Å². The minimum absolute atomic E-state index is 0.136. The summed E-state index contributed by atoms with van der Waals surface area (Å²) in [5.41, 5.74) is 7.67. The van der Waals surface area contributed by atoms with Crippen LogP contribution in [0.3, 0.4) is 0 Å². The number of ether oxygens (including phenoxy) is 1. The summed E-state index contributed by atoms with van der Waals surface area (Å²) >= 11 is 6.40. The number of fused-ring (bicyclic) bond motifs is 2. The summed E-state index contributed by atoms with van der Waals surface area (Å²) < 4.78 is 7.19. The van der Waals surface area contributed by atoms with Crippen LogP contribution in [0.2, 0.25) is 5.15 Å².